The van der Waals surface area contributed by atoms with Gasteiger partial charge in [-0.3, -0.25) is 9.82 Å². The minimum atomic E-state index is -3.74. The Balaban J connectivity index is 2.35. The predicted octanol–water partition coefficient (Wildman–Crippen LogP) is -0.165. The van der Waals surface area contributed by atoms with E-state index < -0.39 is 10.0 Å². The van der Waals surface area contributed by atoms with Gasteiger partial charge in [-0.1, -0.05) is 0 Å². The van der Waals surface area contributed by atoms with Gasteiger partial charge in [0, 0.05) is 13.2 Å². The molecular weight excluding hydrogens is 244 g/mol. The highest BCUT2D eigenvalue weighted by atomic mass is 32.2. The molecule has 2 rings (SSSR count). The normalized spacial score (nSPS) is 11.6. The minimum absolute atomic E-state index is 0.0634. The molecule has 0 aliphatic heterocycles. The molecule has 2 heterocycles. The van der Waals surface area contributed by atoms with Crippen LogP contribution in [0.1, 0.15) is 5.82 Å². The number of nitrogens with one attached hydrogen (secondary N) is 2. The Hall–Kier alpha value is -2.03. The quantitative estimate of drug-likeness (QED) is 0.704. The summed E-state index contributed by atoms with van der Waals surface area (Å²) in [5, 5.41) is 6.01. The van der Waals surface area contributed by atoms with Gasteiger partial charge in [-0.05, 0) is 6.92 Å². The maximum Gasteiger partial charge on any atom is 0.282 e. The van der Waals surface area contributed by atoms with Gasteiger partial charge in [0.15, 0.2) is 10.8 Å². The first-order chi connectivity index (χ1) is 7.90. The van der Waals surface area contributed by atoms with Crippen molar-refractivity contribution >= 4 is 21.5 Å². The van der Waals surface area contributed by atoms with Gasteiger partial charge >= 0.3 is 0 Å². The van der Waals surface area contributed by atoms with Gasteiger partial charge < -0.3 is 10.3 Å². The fraction of sp³-hybridized carbons (Fsp3) is 0.250. The summed E-state index contributed by atoms with van der Waals surface area (Å²) in [4.78, 5) is 3.93. The first-order valence-electron chi connectivity index (χ1n) is 4.72. The monoisotopic (exact) mass is 256 g/mol. The second kappa shape index (κ2) is 3.77. The van der Waals surface area contributed by atoms with Gasteiger partial charge in [0.2, 0.25) is 0 Å². The van der Waals surface area contributed by atoms with E-state index >= 15 is 0 Å². The van der Waals surface area contributed by atoms with Gasteiger partial charge in [0.1, 0.15) is 5.82 Å². The third kappa shape index (κ3) is 2.09. The lowest BCUT2D eigenvalue weighted by molar-refractivity contribution is 0.597. The summed E-state index contributed by atoms with van der Waals surface area (Å²) in [5.74, 6) is 0.733. The zero-order chi connectivity index (χ0) is 12.6. The summed E-state index contributed by atoms with van der Waals surface area (Å²) in [5.41, 5.74) is 5.74. The van der Waals surface area contributed by atoms with E-state index in [9.17, 15) is 8.42 Å². The average molecular weight is 256 g/mol. The Bertz CT molecular complexity index is 621. The fourth-order valence-corrected chi connectivity index (χ4v) is 2.31. The lowest BCUT2D eigenvalue weighted by Gasteiger charge is -2.03. The molecule has 8 nitrogen and oxygen atoms in total. The van der Waals surface area contributed by atoms with Gasteiger partial charge in [-0.2, -0.15) is 13.5 Å². The number of rotatable bonds is 3. The van der Waals surface area contributed by atoms with Crippen LogP contribution in [0.4, 0.5) is 11.5 Å². The molecule has 0 atom stereocenters. The highest BCUT2D eigenvalue weighted by Gasteiger charge is 2.20. The van der Waals surface area contributed by atoms with Crippen molar-refractivity contribution in [1.82, 2.24) is 19.7 Å². The van der Waals surface area contributed by atoms with E-state index in [-0.39, 0.29) is 16.5 Å². The van der Waals surface area contributed by atoms with Crippen molar-refractivity contribution in [2.45, 2.75) is 11.9 Å². The molecule has 0 unspecified atom stereocenters. The van der Waals surface area contributed by atoms with E-state index in [0.29, 0.717) is 5.82 Å². The molecule has 0 aliphatic carbocycles. The van der Waals surface area contributed by atoms with Crippen molar-refractivity contribution in [3.05, 3.63) is 18.2 Å². The van der Waals surface area contributed by atoms with Gasteiger partial charge in [-0.25, -0.2) is 4.98 Å². The fourth-order valence-electron chi connectivity index (χ4n) is 1.22. The minimum Gasteiger partial charge on any atom is -0.394 e. The molecule has 0 saturated heterocycles. The number of sulfonamides is 1. The predicted molar refractivity (Wildman–Crippen MR) is 61.8 cm³/mol. The molecule has 0 aliphatic rings. The molecule has 0 amide bonds. The van der Waals surface area contributed by atoms with Crippen LogP contribution in [-0.2, 0) is 17.1 Å². The highest BCUT2D eigenvalue weighted by molar-refractivity contribution is 7.92. The number of nitrogens with two attached hydrogens (primary N) is 1. The number of aromatic amines is 1. The Kier molecular flexibility index (Phi) is 2.54. The topological polar surface area (TPSA) is 119 Å². The lowest BCUT2D eigenvalue weighted by atomic mass is 10.6. The maximum atomic E-state index is 11.9. The molecular formula is C8H12N6O2S. The molecule has 0 radical (unpaired) electrons. The van der Waals surface area contributed by atoms with Gasteiger partial charge in [-0.15, -0.1) is 0 Å². The van der Waals surface area contributed by atoms with Crippen molar-refractivity contribution in [3.8, 4) is 0 Å². The first kappa shape index (κ1) is 11.5. The largest absolute Gasteiger partial charge is 0.394 e. The third-order valence-corrected chi connectivity index (χ3v) is 3.49. The SMILES string of the molecule is Cc1nc(S(=O)(=O)Nc2[nH]ncc2N)cn1C. The average Bonchev–Trinajstić information content (AvgIpc) is 2.76. The number of imidazole rings is 1. The van der Waals surface area contributed by atoms with Crippen LogP contribution in [0.25, 0.3) is 0 Å². The van der Waals surface area contributed by atoms with Crippen LogP contribution >= 0.6 is 0 Å². The van der Waals surface area contributed by atoms with E-state index in [2.05, 4.69) is 19.9 Å². The van der Waals surface area contributed by atoms with Gasteiger partial charge in [0.05, 0.1) is 11.9 Å². The van der Waals surface area contributed by atoms with E-state index in [0.717, 1.165) is 0 Å². The standard InChI is InChI=1S/C8H12N6O2S/c1-5-11-7(4-14(5)2)17(15,16)13-8-6(9)3-10-12-8/h3-4H,9H2,1-2H3,(H2,10,12,13). The number of anilines is 2. The number of aryl methyl sites for hydroxylation is 2. The summed E-state index contributed by atoms with van der Waals surface area (Å²) >= 11 is 0. The Labute approximate surface area is 97.9 Å². The Morgan fingerprint density at radius 1 is 1.53 bits per heavy atom. The van der Waals surface area contributed by atoms with E-state index in [1.807, 2.05) is 0 Å². The molecule has 9 heteroatoms. The van der Waals surface area contributed by atoms with E-state index in [1.54, 1.807) is 18.5 Å². The molecule has 92 valence electrons. The summed E-state index contributed by atoms with van der Waals surface area (Å²) in [6, 6.07) is 0. The third-order valence-electron chi connectivity index (χ3n) is 2.27. The second-order valence-corrected chi connectivity index (χ2v) is 5.17. The van der Waals surface area contributed by atoms with Crippen molar-refractivity contribution in [2.75, 3.05) is 10.5 Å². The number of nitrogens with zero attached hydrogens (tertiary/aromatic N) is 3. The van der Waals surface area contributed by atoms with Crippen molar-refractivity contribution < 1.29 is 8.42 Å². The molecule has 2 aromatic rings. The smallest absolute Gasteiger partial charge is 0.282 e. The van der Waals surface area contributed by atoms with Gasteiger partial charge in [0.25, 0.3) is 10.0 Å². The molecule has 0 aromatic carbocycles. The molecule has 2 aromatic heterocycles. The zero-order valence-electron chi connectivity index (χ0n) is 9.30. The summed E-state index contributed by atoms with van der Waals surface area (Å²) < 4.78 is 27.7. The van der Waals surface area contributed by atoms with Crippen LogP contribution in [0.3, 0.4) is 0 Å². The summed E-state index contributed by atoms with van der Waals surface area (Å²) in [6.45, 7) is 1.71. The number of nitrogen functional groups attached to an aromatic ring is 1. The first-order valence-corrected chi connectivity index (χ1v) is 6.20. The number of H-pyrrole nitrogens is 1. The highest BCUT2D eigenvalue weighted by Crippen LogP contribution is 2.18. The Morgan fingerprint density at radius 3 is 2.71 bits per heavy atom. The van der Waals surface area contributed by atoms with Crippen LogP contribution in [-0.4, -0.2) is 28.2 Å². The molecule has 0 bridgehead atoms. The van der Waals surface area contributed by atoms with E-state index in [1.165, 1.54) is 12.4 Å². The van der Waals surface area contributed by atoms with E-state index in [4.69, 9.17) is 5.73 Å². The van der Waals surface area contributed by atoms with Crippen molar-refractivity contribution in [1.29, 1.82) is 0 Å². The van der Waals surface area contributed by atoms with Crippen molar-refractivity contribution in [3.63, 3.8) is 0 Å². The molecule has 17 heavy (non-hydrogen) atoms. The Morgan fingerprint density at radius 2 is 2.24 bits per heavy atom. The second-order valence-electron chi connectivity index (χ2n) is 3.54. The van der Waals surface area contributed by atoms with Crippen molar-refractivity contribution in [2.24, 2.45) is 7.05 Å². The molecule has 0 saturated carbocycles. The van der Waals surface area contributed by atoms with Crippen LogP contribution in [0.5, 0.6) is 0 Å². The van der Waals surface area contributed by atoms with Crippen LogP contribution in [0.2, 0.25) is 0 Å². The number of aromatic nitrogens is 4. The molecule has 0 fully saturated rings. The summed E-state index contributed by atoms with van der Waals surface area (Å²) in [6.07, 6.45) is 2.74. The maximum absolute atomic E-state index is 11.9. The zero-order valence-corrected chi connectivity index (χ0v) is 10.1. The van der Waals surface area contributed by atoms with Crippen LogP contribution in [0.15, 0.2) is 17.4 Å². The van der Waals surface area contributed by atoms with Crippen LogP contribution < -0.4 is 10.5 Å². The number of hydrogen-bond donors (Lipinski definition) is 3. The lowest BCUT2D eigenvalue weighted by Crippen LogP contribution is -2.14. The molecule has 0 spiro atoms. The summed E-state index contributed by atoms with van der Waals surface area (Å²) in [7, 11) is -2.03. The van der Waals surface area contributed by atoms with Crippen LogP contribution in [0, 0.1) is 6.92 Å². The molecule has 4 N–H and O–H groups in total. The number of hydrogen-bond acceptors (Lipinski definition) is 5.